The van der Waals surface area contributed by atoms with E-state index < -0.39 is 0 Å². The van der Waals surface area contributed by atoms with Gasteiger partial charge < -0.3 is 0 Å². The Kier molecular flexibility index (Phi) is 3.85. The van der Waals surface area contributed by atoms with E-state index in [0.29, 0.717) is 10.7 Å². The number of rotatable bonds is 2. The second-order valence-electron chi connectivity index (χ2n) is 4.75. The number of carbonyl (C=O) groups excluding carboxylic acids is 1. The van der Waals surface area contributed by atoms with Crippen LogP contribution in [0, 0.1) is 5.41 Å². The third-order valence-electron chi connectivity index (χ3n) is 3.25. The van der Waals surface area contributed by atoms with E-state index in [0.717, 1.165) is 11.1 Å². The molecule has 0 bridgehead atoms. The highest BCUT2D eigenvalue weighted by atomic mass is 35.5. The van der Waals surface area contributed by atoms with Crippen molar-refractivity contribution in [1.82, 2.24) is 5.43 Å². The highest BCUT2D eigenvalue weighted by molar-refractivity contribution is 6.58. The molecule has 1 aliphatic rings. The fraction of sp³-hybridized carbons (Fsp3) is 0. The van der Waals surface area contributed by atoms with Crippen LogP contribution >= 0.6 is 11.6 Å². The van der Waals surface area contributed by atoms with E-state index in [2.05, 4.69) is 10.5 Å². The first-order chi connectivity index (χ1) is 10.6. The van der Waals surface area contributed by atoms with Crippen LogP contribution in [0.15, 0.2) is 65.3 Å². The Bertz CT molecular complexity index is 792. The zero-order valence-corrected chi connectivity index (χ0v) is 12.3. The van der Waals surface area contributed by atoms with Gasteiger partial charge in [-0.05, 0) is 23.8 Å². The van der Waals surface area contributed by atoms with Crippen LogP contribution in [0.2, 0.25) is 5.02 Å². The third-order valence-corrected chi connectivity index (χ3v) is 3.50. The Hall–Kier alpha value is -2.72. The molecule has 0 fully saturated rings. The van der Waals surface area contributed by atoms with Crippen molar-refractivity contribution >= 4 is 35.0 Å². The lowest BCUT2D eigenvalue weighted by molar-refractivity contribution is -0.117. The summed E-state index contributed by atoms with van der Waals surface area (Å²) >= 11 is 5.85. The minimum absolute atomic E-state index is 0.102. The summed E-state index contributed by atoms with van der Waals surface area (Å²) < 4.78 is 0. The van der Waals surface area contributed by atoms with Crippen molar-refractivity contribution in [2.45, 2.75) is 0 Å². The molecule has 2 N–H and O–H groups in total. The summed E-state index contributed by atoms with van der Waals surface area (Å²) in [6.07, 6.45) is 1.66. The molecule has 22 heavy (non-hydrogen) atoms. The van der Waals surface area contributed by atoms with Crippen molar-refractivity contribution in [3.8, 4) is 0 Å². The monoisotopic (exact) mass is 309 g/mol. The summed E-state index contributed by atoms with van der Waals surface area (Å²) in [5.74, 6) is -0.389. The van der Waals surface area contributed by atoms with Crippen LogP contribution in [0.3, 0.4) is 0 Å². The van der Waals surface area contributed by atoms with Gasteiger partial charge in [-0.15, -0.1) is 0 Å². The predicted octanol–water partition coefficient (Wildman–Crippen LogP) is 3.28. The van der Waals surface area contributed by atoms with E-state index >= 15 is 0 Å². The lowest BCUT2D eigenvalue weighted by Gasteiger charge is -2.16. The molecular weight excluding hydrogens is 298 g/mol. The smallest absolute Gasteiger partial charge is 0.273 e. The molecule has 0 aliphatic carbocycles. The second kappa shape index (κ2) is 5.95. The van der Waals surface area contributed by atoms with E-state index in [9.17, 15) is 4.79 Å². The van der Waals surface area contributed by atoms with Crippen LogP contribution in [0.5, 0.6) is 0 Å². The minimum Gasteiger partial charge on any atom is -0.298 e. The van der Waals surface area contributed by atoms with Crippen LogP contribution in [0.4, 0.5) is 0 Å². The number of amides is 1. The SMILES string of the molecule is N=C1C(c2ccccc2)=NNC(=O)/C1=C/c1ccc(Cl)cc1. The number of nitrogens with one attached hydrogen (secondary N) is 2. The maximum atomic E-state index is 12.0. The summed E-state index contributed by atoms with van der Waals surface area (Å²) in [5, 5.41) is 12.9. The standard InChI is InChI=1S/C17H12ClN3O/c18-13-8-6-11(7-9-13)10-14-15(19)16(20-21-17(14)22)12-4-2-1-3-5-12/h1-10,19H,(H,21,22)/b14-10+,19-15?. The fourth-order valence-electron chi connectivity index (χ4n) is 2.13. The molecule has 2 aromatic carbocycles. The number of nitrogens with zero attached hydrogens (tertiary/aromatic N) is 1. The van der Waals surface area contributed by atoms with Gasteiger partial charge in [-0.1, -0.05) is 54.1 Å². The maximum absolute atomic E-state index is 12.0. The van der Waals surface area contributed by atoms with Crippen LogP contribution < -0.4 is 5.43 Å². The van der Waals surface area contributed by atoms with Gasteiger partial charge in [0, 0.05) is 10.6 Å². The summed E-state index contributed by atoms with van der Waals surface area (Å²) in [5.41, 5.74) is 4.86. The molecule has 0 atom stereocenters. The van der Waals surface area contributed by atoms with Crippen molar-refractivity contribution in [2.75, 3.05) is 0 Å². The second-order valence-corrected chi connectivity index (χ2v) is 5.19. The lowest BCUT2D eigenvalue weighted by atomic mass is 9.96. The van der Waals surface area contributed by atoms with E-state index in [-0.39, 0.29) is 17.2 Å². The molecular formula is C17H12ClN3O. The minimum atomic E-state index is -0.389. The predicted molar refractivity (Wildman–Crippen MR) is 88.3 cm³/mol. The van der Waals surface area contributed by atoms with Crippen LogP contribution in [0.1, 0.15) is 11.1 Å². The van der Waals surface area contributed by atoms with Crippen molar-refractivity contribution in [2.24, 2.45) is 5.10 Å². The summed E-state index contributed by atoms with van der Waals surface area (Å²) in [6.45, 7) is 0. The number of halogens is 1. The van der Waals surface area contributed by atoms with Crippen molar-refractivity contribution in [3.05, 3.63) is 76.3 Å². The molecule has 4 nitrogen and oxygen atoms in total. The molecule has 108 valence electrons. The first-order valence-corrected chi connectivity index (χ1v) is 7.03. The molecule has 0 unspecified atom stereocenters. The largest absolute Gasteiger partial charge is 0.298 e. The molecule has 0 saturated heterocycles. The van der Waals surface area contributed by atoms with Crippen LogP contribution in [-0.2, 0) is 4.79 Å². The summed E-state index contributed by atoms with van der Waals surface area (Å²) in [6, 6.07) is 16.4. The number of hydrogen-bond donors (Lipinski definition) is 2. The van der Waals surface area contributed by atoms with Crippen molar-refractivity contribution < 1.29 is 4.79 Å². The molecule has 1 amide bonds. The normalized spacial score (nSPS) is 16.4. The lowest BCUT2D eigenvalue weighted by Crippen LogP contribution is -2.35. The Labute approximate surface area is 132 Å². The average molecular weight is 310 g/mol. The molecule has 0 saturated carbocycles. The molecule has 2 aromatic rings. The van der Waals surface area contributed by atoms with Gasteiger partial charge in [0.1, 0.15) is 5.71 Å². The van der Waals surface area contributed by atoms with Gasteiger partial charge in [-0.3, -0.25) is 10.2 Å². The molecule has 0 radical (unpaired) electrons. The van der Waals surface area contributed by atoms with Gasteiger partial charge in [-0.2, -0.15) is 5.10 Å². The number of hydrogen-bond acceptors (Lipinski definition) is 3. The first kappa shape index (κ1) is 14.2. The van der Waals surface area contributed by atoms with Crippen LogP contribution in [-0.4, -0.2) is 17.3 Å². The van der Waals surface area contributed by atoms with E-state index in [1.807, 2.05) is 30.3 Å². The van der Waals surface area contributed by atoms with Gasteiger partial charge in [0.05, 0.1) is 11.3 Å². The summed E-state index contributed by atoms with van der Waals surface area (Å²) in [4.78, 5) is 12.0. The van der Waals surface area contributed by atoms with Gasteiger partial charge in [0.2, 0.25) is 0 Å². The number of benzene rings is 2. The van der Waals surface area contributed by atoms with Crippen molar-refractivity contribution in [3.63, 3.8) is 0 Å². The van der Waals surface area contributed by atoms with E-state index in [1.54, 1.807) is 30.3 Å². The van der Waals surface area contributed by atoms with Gasteiger partial charge >= 0.3 is 0 Å². The highest BCUT2D eigenvalue weighted by Crippen LogP contribution is 2.17. The fourth-order valence-corrected chi connectivity index (χ4v) is 2.26. The maximum Gasteiger partial charge on any atom is 0.273 e. The molecule has 1 heterocycles. The number of hydrazone groups is 1. The van der Waals surface area contributed by atoms with Crippen molar-refractivity contribution in [1.29, 1.82) is 5.41 Å². The third kappa shape index (κ3) is 2.82. The Morgan fingerprint density at radius 1 is 1.05 bits per heavy atom. The topological polar surface area (TPSA) is 65.3 Å². The quantitative estimate of drug-likeness (QED) is 0.821. The molecule has 5 heteroatoms. The highest BCUT2D eigenvalue weighted by Gasteiger charge is 2.25. The Balaban J connectivity index is 1.99. The van der Waals surface area contributed by atoms with Gasteiger partial charge in [0.15, 0.2) is 0 Å². The Morgan fingerprint density at radius 2 is 1.73 bits per heavy atom. The number of carbonyl (C=O) groups is 1. The molecule has 1 aliphatic heterocycles. The molecule has 3 rings (SSSR count). The zero-order chi connectivity index (χ0) is 15.5. The Morgan fingerprint density at radius 3 is 2.41 bits per heavy atom. The summed E-state index contributed by atoms with van der Waals surface area (Å²) in [7, 11) is 0. The van der Waals surface area contributed by atoms with E-state index in [1.165, 1.54) is 0 Å². The zero-order valence-electron chi connectivity index (χ0n) is 11.5. The van der Waals surface area contributed by atoms with Crippen LogP contribution in [0.25, 0.3) is 6.08 Å². The first-order valence-electron chi connectivity index (χ1n) is 6.65. The molecule has 0 spiro atoms. The van der Waals surface area contributed by atoms with Gasteiger partial charge in [-0.25, -0.2) is 5.43 Å². The molecule has 0 aromatic heterocycles. The van der Waals surface area contributed by atoms with Gasteiger partial charge in [0.25, 0.3) is 5.91 Å². The average Bonchev–Trinajstić information content (AvgIpc) is 2.54. The van der Waals surface area contributed by atoms with E-state index in [4.69, 9.17) is 17.0 Å².